The number of nitrogens with one attached hydrogen (secondary N) is 1. The van der Waals surface area contributed by atoms with E-state index in [2.05, 4.69) is 10.2 Å². The molecule has 3 amide bonds. The minimum absolute atomic E-state index is 0. The van der Waals surface area contributed by atoms with E-state index < -0.39 is 11.9 Å². The number of carbonyl (C=O) groups is 3. The number of benzene rings is 1. The zero-order chi connectivity index (χ0) is 19.3. The number of hydrogen-bond donors (Lipinski definition) is 3. The summed E-state index contributed by atoms with van der Waals surface area (Å²) in [5, 5.41) is 2.61. The highest BCUT2D eigenvalue weighted by Crippen LogP contribution is 2.17. The second-order valence-corrected chi connectivity index (χ2v) is 6.77. The van der Waals surface area contributed by atoms with Crippen molar-refractivity contribution < 1.29 is 14.4 Å². The first-order valence-electron chi connectivity index (χ1n) is 8.75. The summed E-state index contributed by atoms with van der Waals surface area (Å²) >= 11 is 0. The Morgan fingerprint density at radius 1 is 1.04 bits per heavy atom. The van der Waals surface area contributed by atoms with E-state index in [1.54, 1.807) is 17.0 Å². The fourth-order valence-corrected chi connectivity index (χ4v) is 2.75. The summed E-state index contributed by atoms with van der Waals surface area (Å²) < 4.78 is 0. The van der Waals surface area contributed by atoms with Gasteiger partial charge in [0.25, 0.3) is 0 Å². The van der Waals surface area contributed by atoms with Gasteiger partial charge < -0.3 is 26.6 Å². The van der Waals surface area contributed by atoms with Gasteiger partial charge in [0, 0.05) is 37.4 Å². The topological polar surface area (TPSA) is 122 Å². The summed E-state index contributed by atoms with van der Waals surface area (Å²) in [6, 6.07) is 6.49. The SMILES string of the molecule is CC(C)[C@H](N)C(=O)NCC(=O)N1CCN(c2ccc(C(N)=O)cc2)CC1.Cl.Cl. The second-order valence-electron chi connectivity index (χ2n) is 6.77. The lowest BCUT2D eigenvalue weighted by atomic mass is 10.1. The quantitative estimate of drug-likeness (QED) is 0.598. The predicted molar refractivity (Wildman–Crippen MR) is 114 cm³/mol. The maximum atomic E-state index is 12.3. The molecule has 1 aromatic rings. The predicted octanol–water partition coefficient (Wildman–Crippen LogP) is 0.377. The van der Waals surface area contributed by atoms with Gasteiger partial charge >= 0.3 is 0 Å². The van der Waals surface area contributed by atoms with Crippen molar-refractivity contribution in [1.29, 1.82) is 0 Å². The van der Waals surface area contributed by atoms with Gasteiger partial charge in [0.05, 0.1) is 12.6 Å². The molecule has 1 fully saturated rings. The number of anilines is 1. The average molecular weight is 434 g/mol. The summed E-state index contributed by atoms with van der Waals surface area (Å²) in [5.74, 6) is -0.847. The van der Waals surface area contributed by atoms with E-state index in [9.17, 15) is 14.4 Å². The van der Waals surface area contributed by atoms with Crippen LogP contribution in [0, 0.1) is 5.92 Å². The van der Waals surface area contributed by atoms with E-state index >= 15 is 0 Å². The van der Waals surface area contributed by atoms with Gasteiger partial charge in [0.15, 0.2) is 0 Å². The zero-order valence-electron chi connectivity index (χ0n) is 16.1. The molecule has 0 aliphatic carbocycles. The lowest BCUT2D eigenvalue weighted by Crippen LogP contribution is -2.52. The third kappa shape index (κ3) is 6.85. The van der Waals surface area contributed by atoms with Crippen molar-refractivity contribution >= 4 is 48.2 Å². The highest BCUT2D eigenvalue weighted by molar-refractivity contribution is 5.93. The van der Waals surface area contributed by atoms with Gasteiger partial charge in [-0.05, 0) is 30.2 Å². The van der Waals surface area contributed by atoms with Gasteiger partial charge in [-0.3, -0.25) is 14.4 Å². The van der Waals surface area contributed by atoms with Crippen molar-refractivity contribution in [2.24, 2.45) is 17.4 Å². The van der Waals surface area contributed by atoms with Gasteiger partial charge in [0.2, 0.25) is 17.7 Å². The van der Waals surface area contributed by atoms with E-state index in [0.717, 1.165) is 5.69 Å². The van der Waals surface area contributed by atoms with E-state index in [-0.39, 0.29) is 49.1 Å². The van der Waals surface area contributed by atoms with Crippen LogP contribution in [0.5, 0.6) is 0 Å². The summed E-state index contributed by atoms with van der Waals surface area (Å²) in [6.07, 6.45) is 0. The van der Waals surface area contributed by atoms with Gasteiger partial charge in [-0.25, -0.2) is 0 Å². The van der Waals surface area contributed by atoms with Crippen LogP contribution in [-0.2, 0) is 9.59 Å². The number of hydrogen-bond acceptors (Lipinski definition) is 5. The van der Waals surface area contributed by atoms with Crippen molar-refractivity contribution in [2.45, 2.75) is 19.9 Å². The van der Waals surface area contributed by atoms with Crippen LogP contribution in [0.1, 0.15) is 24.2 Å². The normalized spacial score (nSPS) is 14.6. The van der Waals surface area contributed by atoms with E-state index in [0.29, 0.717) is 31.7 Å². The standard InChI is InChI=1S/C18H27N5O3.2ClH/c1-12(2)16(19)18(26)21-11-15(24)23-9-7-22(8-10-23)14-5-3-13(4-6-14)17(20)25;;/h3-6,12,16H,7-11,19H2,1-2H3,(H2,20,25)(H,21,26);2*1H/t16-;;/m0../s1. The first-order valence-corrected chi connectivity index (χ1v) is 8.75. The third-order valence-electron chi connectivity index (χ3n) is 4.58. The average Bonchev–Trinajstić information content (AvgIpc) is 2.65. The maximum absolute atomic E-state index is 12.3. The number of amides is 3. The summed E-state index contributed by atoms with van der Waals surface area (Å²) in [7, 11) is 0. The van der Waals surface area contributed by atoms with Crippen LogP contribution in [0.2, 0.25) is 0 Å². The van der Waals surface area contributed by atoms with Crippen molar-refractivity contribution in [3.63, 3.8) is 0 Å². The summed E-state index contributed by atoms with van der Waals surface area (Å²) in [5.41, 5.74) is 12.5. The number of nitrogens with two attached hydrogens (primary N) is 2. The Labute approximate surface area is 177 Å². The molecule has 1 aromatic carbocycles. The first kappa shape index (κ1) is 26.0. The molecule has 1 atom stereocenters. The number of carbonyl (C=O) groups excluding carboxylic acids is 3. The zero-order valence-corrected chi connectivity index (χ0v) is 17.7. The molecule has 0 aromatic heterocycles. The van der Waals surface area contributed by atoms with Crippen LogP contribution in [0.25, 0.3) is 0 Å². The third-order valence-corrected chi connectivity index (χ3v) is 4.58. The van der Waals surface area contributed by atoms with Crippen molar-refractivity contribution in [1.82, 2.24) is 10.2 Å². The number of nitrogens with zero attached hydrogens (tertiary/aromatic N) is 2. The Morgan fingerprint density at radius 2 is 1.57 bits per heavy atom. The Kier molecular flexibility index (Phi) is 10.9. The fraction of sp³-hybridized carbons (Fsp3) is 0.500. The minimum atomic E-state index is -0.608. The van der Waals surface area contributed by atoms with Gasteiger partial charge in [-0.2, -0.15) is 0 Å². The number of rotatable bonds is 6. The van der Waals surface area contributed by atoms with E-state index in [4.69, 9.17) is 11.5 Å². The molecule has 28 heavy (non-hydrogen) atoms. The van der Waals surface area contributed by atoms with Crippen molar-refractivity contribution in [3.05, 3.63) is 29.8 Å². The van der Waals surface area contributed by atoms with Crippen LogP contribution < -0.4 is 21.7 Å². The molecule has 0 radical (unpaired) electrons. The highest BCUT2D eigenvalue weighted by atomic mass is 35.5. The molecule has 1 aliphatic heterocycles. The molecular formula is C18H29Cl2N5O3. The molecule has 0 saturated carbocycles. The van der Waals surface area contributed by atoms with Gasteiger partial charge in [-0.1, -0.05) is 13.8 Å². The number of piperazine rings is 1. The molecule has 2 rings (SSSR count). The minimum Gasteiger partial charge on any atom is -0.368 e. The van der Waals surface area contributed by atoms with Gasteiger partial charge in [0.1, 0.15) is 0 Å². The molecule has 0 unspecified atom stereocenters. The van der Waals surface area contributed by atoms with Crippen LogP contribution in [0.4, 0.5) is 5.69 Å². The maximum Gasteiger partial charge on any atom is 0.248 e. The summed E-state index contributed by atoms with van der Waals surface area (Å²) in [6.45, 7) is 6.20. The molecular weight excluding hydrogens is 405 g/mol. The summed E-state index contributed by atoms with van der Waals surface area (Å²) in [4.78, 5) is 39.1. The highest BCUT2D eigenvalue weighted by Gasteiger charge is 2.23. The molecule has 10 heteroatoms. The van der Waals surface area contributed by atoms with Crippen LogP contribution in [0.15, 0.2) is 24.3 Å². The molecule has 5 N–H and O–H groups in total. The van der Waals surface area contributed by atoms with Crippen molar-refractivity contribution in [3.8, 4) is 0 Å². The lowest BCUT2D eigenvalue weighted by molar-refractivity contribution is -0.133. The van der Waals surface area contributed by atoms with E-state index in [1.807, 2.05) is 26.0 Å². The van der Waals surface area contributed by atoms with Crippen molar-refractivity contribution in [2.75, 3.05) is 37.6 Å². The molecule has 8 nitrogen and oxygen atoms in total. The Bertz CT molecular complexity index is 662. The molecule has 0 spiro atoms. The molecule has 158 valence electrons. The lowest BCUT2D eigenvalue weighted by Gasteiger charge is -2.36. The van der Waals surface area contributed by atoms with Gasteiger partial charge in [-0.15, -0.1) is 24.8 Å². The fourth-order valence-electron chi connectivity index (χ4n) is 2.75. The largest absolute Gasteiger partial charge is 0.368 e. The first-order chi connectivity index (χ1) is 12.3. The van der Waals surface area contributed by atoms with E-state index in [1.165, 1.54) is 0 Å². The monoisotopic (exact) mass is 433 g/mol. The Morgan fingerprint density at radius 3 is 2.04 bits per heavy atom. The van der Waals surface area contributed by atoms with Crippen LogP contribution >= 0.6 is 24.8 Å². The molecule has 1 aliphatic rings. The Hall–Kier alpha value is -2.03. The molecule has 1 saturated heterocycles. The second kappa shape index (κ2) is 11.7. The smallest absolute Gasteiger partial charge is 0.248 e. The van der Waals surface area contributed by atoms with Crippen LogP contribution in [-0.4, -0.2) is 61.4 Å². The Balaban J connectivity index is 0.00000364. The molecule has 0 bridgehead atoms. The van der Waals surface area contributed by atoms with Crippen LogP contribution in [0.3, 0.4) is 0 Å². The number of primary amides is 1. The number of halogens is 2. The molecule has 1 heterocycles.